The number of anilines is 9. The van der Waals surface area contributed by atoms with Gasteiger partial charge in [-0.15, -0.1) is 11.3 Å². The van der Waals surface area contributed by atoms with Gasteiger partial charge in [0.15, 0.2) is 0 Å². The van der Waals surface area contributed by atoms with E-state index in [0.29, 0.717) is 0 Å². The largest absolute Gasteiger partial charge is 0.310 e. The maximum absolute atomic E-state index is 2.42. The molecule has 2 aliphatic rings. The summed E-state index contributed by atoms with van der Waals surface area (Å²) in [6.45, 7) is 0. The first-order chi connectivity index (χ1) is 32.7. The summed E-state index contributed by atoms with van der Waals surface area (Å²) in [6, 6.07) is 86.7. The van der Waals surface area contributed by atoms with Crippen LogP contribution in [0.25, 0.3) is 42.4 Å². The van der Waals surface area contributed by atoms with Gasteiger partial charge in [0.05, 0.1) is 11.4 Å². The van der Waals surface area contributed by atoms with Gasteiger partial charge in [-0.1, -0.05) is 145 Å². The second-order valence-electron chi connectivity index (χ2n) is 17.0. The lowest BCUT2D eigenvalue weighted by Gasteiger charge is -2.33. The van der Waals surface area contributed by atoms with Crippen molar-refractivity contribution in [1.29, 1.82) is 0 Å². The van der Waals surface area contributed by atoms with Gasteiger partial charge >= 0.3 is 0 Å². The molecular weight excluding hydrogens is 839 g/mol. The minimum Gasteiger partial charge on any atom is -0.310 e. The predicted octanol–water partition coefficient (Wildman–Crippen LogP) is 18.2. The van der Waals surface area contributed by atoms with Crippen LogP contribution in [0.1, 0.15) is 11.1 Å². The Hall–Kier alpha value is -7.83. The van der Waals surface area contributed by atoms with E-state index in [9.17, 15) is 0 Å². The third-order valence-electron chi connectivity index (χ3n) is 13.0. The maximum Gasteiger partial charge on any atom is 0.0601 e. The number of para-hydroxylation sites is 4. The van der Waals surface area contributed by atoms with Crippen LogP contribution in [0, 0.1) is 0 Å². The summed E-state index contributed by atoms with van der Waals surface area (Å²) < 4.78 is 2.59. The average Bonchev–Trinajstić information content (AvgIpc) is 3.76. The molecule has 2 aliphatic heterocycles. The second kappa shape index (κ2) is 16.0. The molecule has 5 heteroatoms. The lowest BCUT2D eigenvalue weighted by Crippen LogP contribution is -2.18. The van der Waals surface area contributed by atoms with E-state index in [-0.39, 0.29) is 0 Å². The van der Waals surface area contributed by atoms with Crippen LogP contribution in [0.5, 0.6) is 0 Å². The van der Waals surface area contributed by atoms with E-state index in [1.165, 1.54) is 86.1 Å². The van der Waals surface area contributed by atoms with Crippen molar-refractivity contribution in [3.8, 4) is 22.3 Å². The van der Waals surface area contributed by atoms with Gasteiger partial charge in [0.25, 0.3) is 0 Å². The van der Waals surface area contributed by atoms with Gasteiger partial charge < -0.3 is 14.7 Å². The highest BCUT2D eigenvalue weighted by atomic mass is 32.2. The minimum atomic E-state index is 0.940. The molecule has 11 aromatic rings. The fraction of sp³-hybridized carbons (Fsp3) is 0.0164. The number of hydrogen-bond acceptors (Lipinski definition) is 5. The van der Waals surface area contributed by atoms with Crippen LogP contribution in [0.3, 0.4) is 0 Å². The molecule has 3 nitrogen and oxygen atoms in total. The number of hydrogen-bond donors (Lipinski definition) is 0. The van der Waals surface area contributed by atoms with Gasteiger partial charge in [0, 0.05) is 76.2 Å². The van der Waals surface area contributed by atoms with Gasteiger partial charge in [0.2, 0.25) is 0 Å². The molecule has 0 N–H and O–H groups in total. The molecule has 13 rings (SSSR count). The van der Waals surface area contributed by atoms with E-state index in [1.54, 1.807) is 0 Å². The molecule has 0 bridgehead atoms. The Balaban J connectivity index is 0.866. The van der Waals surface area contributed by atoms with E-state index < -0.39 is 0 Å². The minimum absolute atomic E-state index is 0.940. The molecule has 0 atom stereocenters. The van der Waals surface area contributed by atoms with E-state index in [4.69, 9.17) is 0 Å². The Kier molecular flexibility index (Phi) is 9.36. The van der Waals surface area contributed by atoms with Crippen molar-refractivity contribution in [2.75, 3.05) is 14.7 Å². The summed E-state index contributed by atoms with van der Waals surface area (Å²) in [7, 11) is 0. The zero-order valence-corrected chi connectivity index (χ0v) is 37.5. The van der Waals surface area contributed by atoms with Crippen LogP contribution in [-0.4, -0.2) is 0 Å². The summed E-state index contributed by atoms with van der Waals surface area (Å²) in [6.07, 6.45) is 0.940. The summed E-state index contributed by atoms with van der Waals surface area (Å²) in [4.78, 5) is 9.73. The molecule has 0 unspecified atom stereocenters. The third-order valence-corrected chi connectivity index (χ3v) is 15.3. The highest BCUT2D eigenvalue weighted by Gasteiger charge is 2.26. The molecule has 0 fully saturated rings. The van der Waals surface area contributed by atoms with Gasteiger partial charge in [-0.3, -0.25) is 0 Å². The van der Waals surface area contributed by atoms with Crippen LogP contribution in [0.4, 0.5) is 51.2 Å². The first-order valence-corrected chi connectivity index (χ1v) is 24.1. The van der Waals surface area contributed by atoms with Crippen LogP contribution < -0.4 is 14.7 Å². The Bertz CT molecular complexity index is 3350. The number of thiophene rings is 1. The second-order valence-corrected chi connectivity index (χ2v) is 19.1. The normalized spacial score (nSPS) is 12.7. The quantitative estimate of drug-likeness (QED) is 0.158. The molecule has 0 amide bonds. The SMILES string of the molecule is c1cc(-c2ccc(N(c3ccc(-c4cccc(N5c6ccccc6Sc6ccccc65)c4)cc3)c3ccc4c(c3)sc3ccccc34)cc2)cc(N2c3ccccc3Cc3ccccc32)c1. The first-order valence-electron chi connectivity index (χ1n) is 22.4. The molecule has 0 radical (unpaired) electrons. The molecule has 66 heavy (non-hydrogen) atoms. The zero-order chi connectivity index (χ0) is 43.6. The van der Waals surface area contributed by atoms with Crippen molar-refractivity contribution in [2.24, 2.45) is 0 Å². The summed E-state index contributed by atoms with van der Waals surface area (Å²) in [5, 5.41) is 2.60. The molecule has 0 saturated heterocycles. The van der Waals surface area contributed by atoms with Crippen LogP contribution >= 0.6 is 23.1 Å². The fourth-order valence-corrected chi connectivity index (χ4v) is 12.1. The molecule has 1 aromatic heterocycles. The summed E-state index contributed by atoms with van der Waals surface area (Å²) in [5.41, 5.74) is 17.9. The van der Waals surface area contributed by atoms with Gasteiger partial charge in [-0.05, 0) is 137 Å². The predicted molar refractivity (Wildman–Crippen MR) is 281 cm³/mol. The van der Waals surface area contributed by atoms with Gasteiger partial charge in [-0.2, -0.15) is 0 Å². The lowest BCUT2D eigenvalue weighted by atomic mass is 9.94. The van der Waals surface area contributed by atoms with E-state index in [2.05, 4.69) is 251 Å². The van der Waals surface area contributed by atoms with Gasteiger partial charge in [-0.25, -0.2) is 0 Å². The highest BCUT2D eigenvalue weighted by molar-refractivity contribution is 7.99. The monoisotopic (exact) mass is 879 g/mol. The molecule has 312 valence electrons. The van der Waals surface area contributed by atoms with Crippen molar-refractivity contribution < 1.29 is 0 Å². The Morgan fingerprint density at radius 3 is 1.39 bits per heavy atom. The van der Waals surface area contributed by atoms with E-state index >= 15 is 0 Å². The lowest BCUT2D eigenvalue weighted by molar-refractivity contribution is 1.09. The van der Waals surface area contributed by atoms with Crippen molar-refractivity contribution in [1.82, 2.24) is 0 Å². The summed E-state index contributed by atoms with van der Waals surface area (Å²) in [5.74, 6) is 0. The number of rotatable bonds is 7. The number of fused-ring (bicyclic) bond motifs is 7. The van der Waals surface area contributed by atoms with Crippen LogP contribution in [0.2, 0.25) is 0 Å². The van der Waals surface area contributed by atoms with E-state index in [1.807, 2.05) is 23.1 Å². The molecular formula is C61H41N3S2. The zero-order valence-electron chi connectivity index (χ0n) is 35.9. The van der Waals surface area contributed by atoms with Crippen molar-refractivity contribution in [3.05, 3.63) is 248 Å². The number of benzene rings is 10. The Morgan fingerprint density at radius 2 is 0.803 bits per heavy atom. The molecule has 10 aromatic carbocycles. The van der Waals surface area contributed by atoms with Crippen LogP contribution in [0.15, 0.2) is 246 Å². The Labute approximate surface area is 393 Å². The molecule has 0 aliphatic carbocycles. The van der Waals surface area contributed by atoms with Crippen LogP contribution in [-0.2, 0) is 6.42 Å². The number of nitrogens with zero attached hydrogens (tertiary/aromatic N) is 3. The topological polar surface area (TPSA) is 9.72 Å². The highest BCUT2D eigenvalue weighted by Crippen LogP contribution is 2.52. The van der Waals surface area contributed by atoms with Crippen molar-refractivity contribution in [2.45, 2.75) is 16.2 Å². The Morgan fingerprint density at radius 1 is 0.333 bits per heavy atom. The molecule has 0 spiro atoms. The standard InChI is InChI=1S/C61H41N3S2/c1-4-20-54-45(13-1)37-46-14-2-5-21-55(46)63(54)49-17-11-15-43(38-49)41-27-31-47(32-28-41)62(51-35-36-53-52-19-3-8-24-58(52)65-61(53)40-51)48-33-29-42(30-34-48)44-16-12-18-50(39-44)64-56-22-6-9-25-59(56)66-60-26-10-7-23-57(60)64/h1-36,38-40H,37H2. The molecule has 3 heterocycles. The van der Waals surface area contributed by atoms with Crippen molar-refractivity contribution in [3.63, 3.8) is 0 Å². The maximum atomic E-state index is 2.42. The summed E-state index contributed by atoms with van der Waals surface area (Å²) >= 11 is 3.69. The third kappa shape index (κ3) is 6.66. The smallest absolute Gasteiger partial charge is 0.0601 e. The average molecular weight is 880 g/mol. The van der Waals surface area contributed by atoms with Gasteiger partial charge in [0.1, 0.15) is 0 Å². The van der Waals surface area contributed by atoms with E-state index in [0.717, 1.165) is 34.9 Å². The fourth-order valence-electron chi connectivity index (χ4n) is 9.91. The first kappa shape index (κ1) is 38.6. The molecule has 0 saturated carbocycles. The van der Waals surface area contributed by atoms with Crippen molar-refractivity contribution >= 4 is 94.5 Å².